The summed E-state index contributed by atoms with van der Waals surface area (Å²) in [6.45, 7) is 5.00. The fraction of sp³-hybridized carbons (Fsp3) is 0.438. The first-order chi connectivity index (χ1) is 10.1. The number of rotatable bonds is 2. The van der Waals surface area contributed by atoms with Crippen molar-refractivity contribution in [1.82, 2.24) is 14.3 Å². The van der Waals surface area contributed by atoms with Crippen molar-refractivity contribution < 1.29 is 4.79 Å². The van der Waals surface area contributed by atoms with Crippen molar-refractivity contribution in [1.29, 1.82) is 0 Å². The molecular formula is C16H19N3O2. The molecule has 1 aliphatic rings. The van der Waals surface area contributed by atoms with Gasteiger partial charge in [-0.2, -0.15) is 0 Å². The molecule has 1 atom stereocenters. The molecule has 5 nitrogen and oxygen atoms in total. The monoisotopic (exact) mass is 285 g/mol. The van der Waals surface area contributed by atoms with E-state index in [1.54, 1.807) is 18.3 Å². The smallest absolute Gasteiger partial charge is 0.273 e. The van der Waals surface area contributed by atoms with E-state index >= 15 is 0 Å². The van der Waals surface area contributed by atoms with E-state index in [9.17, 15) is 9.59 Å². The molecule has 0 bridgehead atoms. The highest BCUT2D eigenvalue weighted by atomic mass is 16.2. The molecule has 0 saturated carbocycles. The minimum Gasteiger partial charge on any atom is -0.334 e. The highest BCUT2D eigenvalue weighted by molar-refractivity contribution is 5.93. The number of likely N-dealkylation sites (tertiary alicyclic amines) is 1. The Hall–Kier alpha value is -2.17. The van der Waals surface area contributed by atoms with Gasteiger partial charge in [0.15, 0.2) is 0 Å². The summed E-state index contributed by atoms with van der Waals surface area (Å²) in [6, 6.07) is 6.90. The third-order valence-corrected chi connectivity index (χ3v) is 4.12. The van der Waals surface area contributed by atoms with Crippen LogP contribution in [-0.2, 0) is 0 Å². The maximum Gasteiger partial charge on any atom is 0.273 e. The summed E-state index contributed by atoms with van der Waals surface area (Å²) in [5, 5.41) is 0. The molecule has 3 rings (SSSR count). The fourth-order valence-electron chi connectivity index (χ4n) is 3.05. The summed E-state index contributed by atoms with van der Waals surface area (Å²) in [5.74, 6) is 0.285. The van der Waals surface area contributed by atoms with Crippen molar-refractivity contribution in [2.24, 2.45) is 5.92 Å². The summed E-state index contributed by atoms with van der Waals surface area (Å²) in [7, 11) is 0. The van der Waals surface area contributed by atoms with Gasteiger partial charge in [-0.25, -0.2) is 4.98 Å². The Bertz CT molecular complexity index is 736. The lowest BCUT2D eigenvalue weighted by Crippen LogP contribution is -2.39. The minimum absolute atomic E-state index is 0.130. The minimum atomic E-state index is -0.218. The first-order valence-electron chi connectivity index (χ1n) is 7.37. The van der Waals surface area contributed by atoms with Gasteiger partial charge in [-0.1, -0.05) is 19.9 Å². The predicted molar refractivity (Wildman–Crippen MR) is 80.4 cm³/mol. The van der Waals surface area contributed by atoms with Crippen LogP contribution in [-0.4, -0.2) is 32.8 Å². The molecule has 1 amide bonds. The molecule has 0 N–H and O–H groups in total. The highest BCUT2D eigenvalue weighted by Gasteiger charge is 2.32. The van der Waals surface area contributed by atoms with Crippen LogP contribution >= 0.6 is 0 Å². The van der Waals surface area contributed by atoms with Gasteiger partial charge < -0.3 is 4.90 Å². The lowest BCUT2D eigenvalue weighted by Gasteiger charge is -2.27. The van der Waals surface area contributed by atoms with E-state index in [2.05, 4.69) is 18.8 Å². The molecule has 0 spiro atoms. The average molecular weight is 285 g/mol. The molecule has 1 fully saturated rings. The highest BCUT2D eigenvalue weighted by Crippen LogP contribution is 2.25. The van der Waals surface area contributed by atoms with Crippen molar-refractivity contribution in [2.75, 3.05) is 6.54 Å². The number of hydrogen-bond donors (Lipinski definition) is 0. The van der Waals surface area contributed by atoms with Gasteiger partial charge in [0, 0.05) is 24.8 Å². The quantitative estimate of drug-likeness (QED) is 0.847. The Kier molecular flexibility index (Phi) is 3.49. The zero-order valence-corrected chi connectivity index (χ0v) is 12.3. The van der Waals surface area contributed by atoms with E-state index in [4.69, 9.17) is 0 Å². The van der Waals surface area contributed by atoms with Crippen LogP contribution in [0.25, 0.3) is 5.65 Å². The molecule has 1 aliphatic heterocycles. The van der Waals surface area contributed by atoms with Crippen LogP contribution in [0.3, 0.4) is 0 Å². The molecule has 0 radical (unpaired) electrons. The standard InChI is InChI=1S/C16H19N3O2/c1-11(2)13-6-5-9-18(13)16(21)12-10-15(20)19-8-4-3-7-14(19)17-12/h3-4,7-8,10-11,13H,5-6,9H2,1-2H3. The third kappa shape index (κ3) is 2.44. The largest absolute Gasteiger partial charge is 0.334 e. The van der Waals surface area contributed by atoms with E-state index < -0.39 is 0 Å². The summed E-state index contributed by atoms with van der Waals surface area (Å²) in [4.78, 5) is 31.0. The lowest BCUT2D eigenvalue weighted by atomic mass is 10.0. The van der Waals surface area contributed by atoms with Gasteiger partial charge in [0.25, 0.3) is 11.5 Å². The van der Waals surface area contributed by atoms with E-state index in [1.165, 1.54) is 10.5 Å². The number of fused-ring (bicyclic) bond motifs is 1. The van der Waals surface area contributed by atoms with Gasteiger partial charge in [-0.15, -0.1) is 0 Å². The van der Waals surface area contributed by atoms with Crippen LogP contribution in [0.15, 0.2) is 35.3 Å². The molecule has 1 saturated heterocycles. The fourth-order valence-corrected chi connectivity index (χ4v) is 3.05. The van der Waals surface area contributed by atoms with Gasteiger partial charge in [-0.05, 0) is 30.9 Å². The number of hydrogen-bond acceptors (Lipinski definition) is 3. The average Bonchev–Trinajstić information content (AvgIpc) is 2.96. The lowest BCUT2D eigenvalue weighted by molar-refractivity contribution is 0.0695. The SMILES string of the molecule is CC(C)C1CCCN1C(=O)c1cc(=O)n2ccccc2n1. The predicted octanol–water partition coefficient (Wildman–Crippen LogP) is 1.96. The van der Waals surface area contributed by atoms with Crippen molar-refractivity contribution in [3.63, 3.8) is 0 Å². The number of pyridine rings is 1. The Morgan fingerprint density at radius 1 is 1.38 bits per heavy atom. The van der Waals surface area contributed by atoms with Crippen molar-refractivity contribution in [3.8, 4) is 0 Å². The van der Waals surface area contributed by atoms with Crippen LogP contribution in [0, 0.1) is 5.92 Å². The topological polar surface area (TPSA) is 54.7 Å². The Morgan fingerprint density at radius 3 is 2.95 bits per heavy atom. The van der Waals surface area contributed by atoms with Crippen molar-refractivity contribution in [2.45, 2.75) is 32.7 Å². The second-order valence-corrected chi connectivity index (χ2v) is 5.86. The van der Waals surface area contributed by atoms with Gasteiger partial charge in [0.2, 0.25) is 0 Å². The second kappa shape index (κ2) is 5.31. The molecule has 2 aromatic rings. The summed E-state index contributed by atoms with van der Waals surface area (Å²) >= 11 is 0. The molecule has 5 heteroatoms. The van der Waals surface area contributed by atoms with Crippen LogP contribution in [0.1, 0.15) is 37.2 Å². The van der Waals surface area contributed by atoms with Crippen molar-refractivity contribution in [3.05, 3.63) is 46.5 Å². The molecule has 21 heavy (non-hydrogen) atoms. The van der Waals surface area contributed by atoms with E-state index in [-0.39, 0.29) is 23.2 Å². The number of nitrogens with zero attached hydrogens (tertiary/aromatic N) is 3. The van der Waals surface area contributed by atoms with Crippen LogP contribution in [0.4, 0.5) is 0 Å². The van der Waals surface area contributed by atoms with E-state index in [0.29, 0.717) is 11.6 Å². The van der Waals surface area contributed by atoms with Gasteiger partial charge in [-0.3, -0.25) is 14.0 Å². The summed E-state index contributed by atoms with van der Waals surface area (Å²) < 4.78 is 1.45. The Balaban J connectivity index is 2.00. The maximum absolute atomic E-state index is 12.7. The third-order valence-electron chi connectivity index (χ3n) is 4.12. The zero-order chi connectivity index (χ0) is 15.0. The number of amides is 1. The number of aromatic nitrogens is 2. The van der Waals surface area contributed by atoms with Gasteiger partial charge >= 0.3 is 0 Å². The van der Waals surface area contributed by atoms with Gasteiger partial charge in [0.1, 0.15) is 11.3 Å². The Labute approximate surface area is 123 Å². The summed E-state index contributed by atoms with van der Waals surface area (Å²) in [5.41, 5.74) is 0.539. The van der Waals surface area contributed by atoms with Crippen molar-refractivity contribution >= 4 is 11.6 Å². The first-order valence-corrected chi connectivity index (χ1v) is 7.37. The maximum atomic E-state index is 12.7. The van der Waals surface area contributed by atoms with Crippen LogP contribution in [0.2, 0.25) is 0 Å². The van der Waals surface area contributed by atoms with Crippen LogP contribution < -0.4 is 5.56 Å². The molecule has 2 aromatic heterocycles. The zero-order valence-electron chi connectivity index (χ0n) is 12.3. The van der Waals surface area contributed by atoms with Gasteiger partial charge in [0.05, 0.1) is 0 Å². The summed E-state index contributed by atoms with van der Waals surface area (Å²) in [6.07, 6.45) is 3.70. The Morgan fingerprint density at radius 2 is 2.19 bits per heavy atom. The molecule has 110 valence electrons. The molecule has 3 heterocycles. The van der Waals surface area contributed by atoms with E-state index in [1.807, 2.05) is 11.0 Å². The molecule has 0 aliphatic carbocycles. The first kappa shape index (κ1) is 13.8. The molecular weight excluding hydrogens is 266 g/mol. The second-order valence-electron chi connectivity index (χ2n) is 5.86. The van der Waals surface area contributed by atoms with Crippen LogP contribution in [0.5, 0.6) is 0 Å². The molecule has 1 unspecified atom stereocenters. The van der Waals surface area contributed by atoms with E-state index in [0.717, 1.165) is 19.4 Å². The number of carbonyl (C=O) groups is 1. The molecule has 0 aromatic carbocycles. The number of carbonyl (C=O) groups excluding carboxylic acids is 1. The normalized spacial score (nSPS) is 18.6.